The van der Waals surface area contributed by atoms with Gasteiger partial charge in [-0.15, -0.1) is 0 Å². The van der Waals surface area contributed by atoms with Crippen LogP contribution >= 0.6 is 15.9 Å². The minimum Gasteiger partial charge on any atom is -0.450 e. The van der Waals surface area contributed by atoms with Crippen molar-refractivity contribution in [3.8, 4) is 0 Å². The lowest BCUT2D eigenvalue weighted by Gasteiger charge is -2.24. The minimum atomic E-state index is -0.618. The highest BCUT2D eigenvalue weighted by Gasteiger charge is 2.44. The Morgan fingerprint density at radius 2 is 1.78 bits per heavy atom. The molecular weight excluding hydrogens is 468 g/mol. The van der Waals surface area contributed by atoms with E-state index in [-0.39, 0.29) is 17.1 Å². The summed E-state index contributed by atoms with van der Waals surface area (Å²) in [6, 6.07) is 16.4. The number of nitrogens with zero attached hydrogens (tertiary/aromatic N) is 2. The summed E-state index contributed by atoms with van der Waals surface area (Å²) in [7, 11) is 0. The second kappa shape index (κ2) is 7.71. The summed E-state index contributed by atoms with van der Waals surface area (Å²) >= 11 is 3.43. The number of halogens is 1. The molecule has 0 saturated heterocycles. The molecule has 1 aliphatic heterocycles. The molecule has 1 amide bonds. The van der Waals surface area contributed by atoms with Crippen molar-refractivity contribution in [1.82, 2.24) is 4.98 Å². The van der Waals surface area contributed by atoms with Gasteiger partial charge in [-0.1, -0.05) is 54.0 Å². The Kier molecular flexibility index (Phi) is 4.97. The molecule has 0 unspecified atom stereocenters. The van der Waals surface area contributed by atoms with Crippen LogP contribution in [0.15, 0.2) is 74.5 Å². The predicted octanol–water partition coefficient (Wildman–Crippen LogP) is 6.13. The normalized spacial score (nSPS) is 15.6. The van der Waals surface area contributed by atoms with Gasteiger partial charge >= 0.3 is 0 Å². The van der Waals surface area contributed by atoms with Gasteiger partial charge in [0.2, 0.25) is 5.76 Å². The van der Waals surface area contributed by atoms with Crippen LogP contribution in [0.2, 0.25) is 0 Å². The summed E-state index contributed by atoms with van der Waals surface area (Å²) in [5.41, 5.74) is 3.53. The summed E-state index contributed by atoms with van der Waals surface area (Å²) in [6.07, 6.45) is 1.67. The summed E-state index contributed by atoms with van der Waals surface area (Å²) in [5, 5.41) is 0.439. The van der Waals surface area contributed by atoms with Crippen LogP contribution in [0.1, 0.15) is 58.6 Å². The van der Waals surface area contributed by atoms with Gasteiger partial charge < -0.3 is 4.42 Å². The number of aromatic nitrogens is 1. The van der Waals surface area contributed by atoms with Gasteiger partial charge in [0.1, 0.15) is 11.4 Å². The smallest absolute Gasteiger partial charge is 0.296 e. The van der Waals surface area contributed by atoms with Crippen molar-refractivity contribution in [2.45, 2.75) is 32.7 Å². The average molecular weight is 489 g/mol. The number of benzene rings is 2. The van der Waals surface area contributed by atoms with Crippen molar-refractivity contribution in [2.24, 2.45) is 0 Å². The molecule has 0 spiro atoms. The monoisotopic (exact) mass is 488 g/mol. The molecule has 1 atom stereocenters. The van der Waals surface area contributed by atoms with Gasteiger partial charge in [0.15, 0.2) is 5.43 Å². The second-order valence-electron chi connectivity index (χ2n) is 8.40. The summed E-state index contributed by atoms with van der Waals surface area (Å²) in [5.74, 6) is 0.579. The first kappa shape index (κ1) is 20.6. The van der Waals surface area contributed by atoms with Gasteiger partial charge in [-0.25, -0.2) is 4.98 Å². The van der Waals surface area contributed by atoms with Crippen molar-refractivity contribution in [3.05, 3.63) is 104 Å². The maximum Gasteiger partial charge on any atom is 0.296 e. The van der Waals surface area contributed by atoms with E-state index in [0.717, 1.165) is 15.6 Å². The lowest BCUT2D eigenvalue weighted by atomic mass is 9.95. The number of hydrogen-bond acceptors (Lipinski definition) is 4. The zero-order chi connectivity index (χ0) is 22.6. The lowest BCUT2D eigenvalue weighted by Crippen LogP contribution is -2.30. The molecule has 2 aromatic carbocycles. The number of hydrogen-bond donors (Lipinski definition) is 0. The fraction of sp³-hybridized carbons (Fsp3) is 0.192. The molecule has 0 bridgehead atoms. The van der Waals surface area contributed by atoms with E-state index in [1.165, 1.54) is 5.56 Å². The van der Waals surface area contributed by atoms with E-state index in [1.807, 2.05) is 43.3 Å². The lowest BCUT2D eigenvalue weighted by molar-refractivity contribution is 0.0970. The maximum absolute atomic E-state index is 13.6. The zero-order valence-electron chi connectivity index (χ0n) is 17.9. The highest BCUT2D eigenvalue weighted by atomic mass is 79.9. The number of carbonyl (C=O) groups is 1. The van der Waals surface area contributed by atoms with E-state index < -0.39 is 6.04 Å². The Bertz CT molecular complexity index is 1420. The predicted molar refractivity (Wildman–Crippen MR) is 128 cm³/mol. The SMILES string of the molecule is Cc1ccnc(N2C(=O)c3oc4ccc(Br)cc4c(=O)c3[C@H]2c2ccc(C(C)C)cc2)c1. The van der Waals surface area contributed by atoms with E-state index in [1.54, 1.807) is 29.3 Å². The fourth-order valence-electron chi connectivity index (χ4n) is 4.21. The molecule has 32 heavy (non-hydrogen) atoms. The molecule has 4 aromatic rings. The molecule has 0 N–H and O–H groups in total. The fourth-order valence-corrected chi connectivity index (χ4v) is 4.57. The first-order valence-electron chi connectivity index (χ1n) is 10.5. The number of carbonyl (C=O) groups excluding carboxylic acids is 1. The van der Waals surface area contributed by atoms with Crippen molar-refractivity contribution in [3.63, 3.8) is 0 Å². The molecule has 0 radical (unpaired) electrons. The summed E-state index contributed by atoms with van der Waals surface area (Å²) in [4.78, 5) is 33.2. The van der Waals surface area contributed by atoms with Crippen LogP contribution < -0.4 is 10.3 Å². The van der Waals surface area contributed by atoms with Crippen LogP contribution in [0, 0.1) is 6.92 Å². The maximum atomic E-state index is 13.6. The van der Waals surface area contributed by atoms with Crippen molar-refractivity contribution < 1.29 is 9.21 Å². The highest BCUT2D eigenvalue weighted by molar-refractivity contribution is 9.10. The molecule has 6 heteroatoms. The van der Waals surface area contributed by atoms with E-state index in [4.69, 9.17) is 4.42 Å². The van der Waals surface area contributed by atoms with Gasteiger partial charge in [0.05, 0.1) is 17.0 Å². The van der Waals surface area contributed by atoms with E-state index in [0.29, 0.717) is 28.3 Å². The van der Waals surface area contributed by atoms with E-state index >= 15 is 0 Å². The largest absolute Gasteiger partial charge is 0.450 e. The average Bonchev–Trinajstić information content (AvgIpc) is 3.07. The third-order valence-electron chi connectivity index (χ3n) is 5.90. The van der Waals surface area contributed by atoms with Gasteiger partial charge in [0, 0.05) is 10.7 Å². The highest BCUT2D eigenvalue weighted by Crippen LogP contribution is 2.41. The summed E-state index contributed by atoms with van der Waals surface area (Å²) < 4.78 is 6.78. The van der Waals surface area contributed by atoms with Gasteiger partial charge in [-0.3, -0.25) is 14.5 Å². The third-order valence-corrected chi connectivity index (χ3v) is 6.39. The van der Waals surface area contributed by atoms with E-state index in [9.17, 15) is 9.59 Å². The number of rotatable bonds is 3. The molecule has 3 heterocycles. The second-order valence-corrected chi connectivity index (χ2v) is 9.32. The summed E-state index contributed by atoms with van der Waals surface area (Å²) in [6.45, 7) is 6.20. The van der Waals surface area contributed by atoms with Crippen LogP contribution in [-0.4, -0.2) is 10.9 Å². The Morgan fingerprint density at radius 3 is 2.47 bits per heavy atom. The Hall–Kier alpha value is -3.25. The van der Waals surface area contributed by atoms with Crippen molar-refractivity contribution >= 4 is 38.6 Å². The van der Waals surface area contributed by atoms with Crippen LogP contribution in [0.5, 0.6) is 0 Å². The van der Waals surface area contributed by atoms with Crippen molar-refractivity contribution in [1.29, 1.82) is 0 Å². The molecule has 0 fully saturated rings. The van der Waals surface area contributed by atoms with Crippen LogP contribution in [0.4, 0.5) is 5.82 Å². The quantitative estimate of drug-likeness (QED) is 0.347. The topological polar surface area (TPSA) is 63.4 Å². The Balaban J connectivity index is 1.79. The van der Waals surface area contributed by atoms with Gasteiger partial charge in [-0.2, -0.15) is 0 Å². The Morgan fingerprint density at radius 1 is 1.03 bits per heavy atom. The number of aryl methyl sites for hydroxylation is 1. The van der Waals surface area contributed by atoms with E-state index in [2.05, 4.69) is 34.8 Å². The van der Waals surface area contributed by atoms with Gasteiger partial charge in [-0.05, 0) is 59.9 Å². The molecule has 5 nitrogen and oxygen atoms in total. The molecule has 5 rings (SSSR count). The van der Waals surface area contributed by atoms with Crippen molar-refractivity contribution in [2.75, 3.05) is 4.90 Å². The molecule has 0 aliphatic carbocycles. The van der Waals surface area contributed by atoms with Crippen LogP contribution in [-0.2, 0) is 0 Å². The molecule has 1 aliphatic rings. The standard InChI is InChI=1S/C26H21BrN2O3/c1-14(2)16-4-6-17(7-5-16)23-22-24(30)19-13-18(27)8-9-20(19)32-25(22)26(31)29(23)21-12-15(3)10-11-28-21/h4-14,23H,1-3H3/t23-/m1/s1. The zero-order valence-corrected chi connectivity index (χ0v) is 19.5. The molecule has 2 aromatic heterocycles. The first-order valence-corrected chi connectivity index (χ1v) is 11.3. The molecule has 160 valence electrons. The van der Waals surface area contributed by atoms with Crippen LogP contribution in [0.25, 0.3) is 11.0 Å². The number of pyridine rings is 1. The molecular formula is C26H21BrN2O3. The molecule has 0 saturated carbocycles. The number of anilines is 1. The van der Waals surface area contributed by atoms with Gasteiger partial charge in [0.25, 0.3) is 5.91 Å². The minimum absolute atomic E-state index is 0.0751. The first-order chi connectivity index (χ1) is 15.3. The number of amides is 1. The Labute approximate surface area is 193 Å². The van der Waals surface area contributed by atoms with Crippen LogP contribution in [0.3, 0.4) is 0 Å². The third kappa shape index (κ3) is 3.26. The number of fused-ring (bicyclic) bond motifs is 2.